The molecule has 2 rings (SSSR count). The van der Waals surface area contributed by atoms with Crippen molar-refractivity contribution < 1.29 is 19.5 Å². The van der Waals surface area contributed by atoms with Crippen LogP contribution in [0.25, 0.3) is 0 Å². The van der Waals surface area contributed by atoms with E-state index in [-0.39, 0.29) is 16.4 Å². The minimum Gasteiger partial charge on any atom is -0.477 e. The van der Waals surface area contributed by atoms with Crippen LogP contribution in [0.2, 0.25) is 0 Å². The highest BCUT2D eigenvalue weighted by molar-refractivity contribution is 7.13. The predicted molar refractivity (Wildman–Crippen MR) is 82.5 cm³/mol. The highest BCUT2D eigenvalue weighted by Crippen LogP contribution is 2.36. The Morgan fingerprint density at radius 1 is 1.50 bits per heavy atom. The molecular weight excluding hydrogens is 304 g/mol. The summed E-state index contributed by atoms with van der Waals surface area (Å²) in [5.74, 6) is 1.03. The molecule has 1 aromatic heterocycles. The topological polar surface area (TPSA) is 79.7 Å². The van der Waals surface area contributed by atoms with E-state index < -0.39 is 5.97 Å². The van der Waals surface area contributed by atoms with Crippen LogP contribution in [0.15, 0.2) is 5.70 Å². The summed E-state index contributed by atoms with van der Waals surface area (Å²) < 4.78 is 0. The number of carbonyl (C=O) groups excluding carboxylic acids is 1. The van der Waals surface area contributed by atoms with Gasteiger partial charge in [-0.1, -0.05) is 0 Å². The van der Waals surface area contributed by atoms with Crippen LogP contribution in [0.1, 0.15) is 59.9 Å². The molecule has 120 valence electrons. The van der Waals surface area contributed by atoms with Crippen molar-refractivity contribution in [3.05, 3.63) is 21.3 Å². The number of nitrogens with zero attached hydrogens (tertiary/aromatic N) is 2. The van der Waals surface area contributed by atoms with Gasteiger partial charge in [0.25, 0.3) is 0 Å². The normalized spacial score (nSPS) is 19.2. The third-order valence-electron chi connectivity index (χ3n) is 3.28. The molecule has 6 nitrogen and oxygen atoms in total. The molecule has 0 saturated carbocycles. The van der Waals surface area contributed by atoms with E-state index in [0.717, 1.165) is 11.4 Å². The SMILES string of the molecule is Cc1nc(C2CCN(OC(C)(C)C)C(=C=O)C2)sc1C(=O)O. The van der Waals surface area contributed by atoms with Gasteiger partial charge in [0, 0.05) is 18.9 Å². The van der Waals surface area contributed by atoms with Crippen molar-refractivity contribution in [2.24, 2.45) is 0 Å². The van der Waals surface area contributed by atoms with Crippen LogP contribution in [0.5, 0.6) is 0 Å². The number of hydrogen-bond donors (Lipinski definition) is 1. The van der Waals surface area contributed by atoms with Gasteiger partial charge in [0.05, 0.1) is 16.3 Å². The number of hydrogen-bond acceptors (Lipinski definition) is 6. The molecule has 0 aliphatic carbocycles. The molecule has 1 unspecified atom stereocenters. The van der Waals surface area contributed by atoms with Crippen LogP contribution in [0, 0.1) is 6.92 Å². The largest absolute Gasteiger partial charge is 0.477 e. The third-order valence-corrected chi connectivity index (χ3v) is 4.59. The lowest BCUT2D eigenvalue weighted by atomic mass is 9.96. The molecule has 0 amide bonds. The second-order valence-corrected chi connectivity index (χ2v) is 7.35. The van der Waals surface area contributed by atoms with Crippen molar-refractivity contribution in [2.45, 2.75) is 52.1 Å². The number of aromatic nitrogens is 1. The van der Waals surface area contributed by atoms with Gasteiger partial charge in [-0.15, -0.1) is 11.3 Å². The van der Waals surface area contributed by atoms with Gasteiger partial charge in [0.2, 0.25) is 0 Å². The number of thiazole rings is 1. The second kappa shape index (κ2) is 6.20. The highest BCUT2D eigenvalue weighted by Gasteiger charge is 2.31. The Bertz CT molecular complexity index is 626. The molecule has 0 radical (unpaired) electrons. The number of carbonyl (C=O) groups is 1. The monoisotopic (exact) mass is 324 g/mol. The lowest BCUT2D eigenvalue weighted by Crippen LogP contribution is -2.38. The van der Waals surface area contributed by atoms with E-state index in [1.54, 1.807) is 12.0 Å². The summed E-state index contributed by atoms with van der Waals surface area (Å²) >= 11 is 1.19. The average molecular weight is 324 g/mol. The maximum absolute atomic E-state index is 11.2. The smallest absolute Gasteiger partial charge is 0.347 e. The molecule has 22 heavy (non-hydrogen) atoms. The number of aromatic carboxylic acids is 1. The van der Waals surface area contributed by atoms with Crippen molar-refractivity contribution in [2.75, 3.05) is 6.54 Å². The zero-order valence-corrected chi connectivity index (χ0v) is 14.0. The van der Waals surface area contributed by atoms with Crippen LogP contribution < -0.4 is 0 Å². The van der Waals surface area contributed by atoms with E-state index in [9.17, 15) is 9.59 Å². The summed E-state index contributed by atoms with van der Waals surface area (Å²) in [4.78, 5) is 32.7. The Labute approximate surface area is 133 Å². The summed E-state index contributed by atoms with van der Waals surface area (Å²) in [5.41, 5.74) is 0.594. The maximum atomic E-state index is 11.2. The van der Waals surface area contributed by atoms with E-state index >= 15 is 0 Å². The minimum atomic E-state index is -0.957. The lowest BCUT2D eigenvalue weighted by molar-refractivity contribution is -0.213. The third kappa shape index (κ3) is 3.74. The first-order chi connectivity index (χ1) is 10.2. The number of carboxylic acid groups (broad SMARTS) is 1. The Morgan fingerprint density at radius 2 is 2.18 bits per heavy atom. The van der Waals surface area contributed by atoms with E-state index in [1.165, 1.54) is 11.3 Å². The van der Waals surface area contributed by atoms with E-state index in [0.29, 0.717) is 24.4 Å². The fraction of sp³-hybridized carbons (Fsp3) is 0.600. The number of allylic oxidation sites excluding steroid dienone is 1. The van der Waals surface area contributed by atoms with E-state index in [1.807, 2.05) is 26.7 Å². The van der Waals surface area contributed by atoms with Crippen molar-refractivity contribution in [1.29, 1.82) is 0 Å². The number of carboxylic acids is 1. The average Bonchev–Trinajstić information content (AvgIpc) is 2.79. The Balaban J connectivity index is 2.16. The quantitative estimate of drug-likeness (QED) is 0.861. The van der Waals surface area contributed by atoms with Gasteiger partial charge in [-0.05, 0) is 34.1 Å². The molecule has 0 bridgehead atoms. The molecule has 1 fully saturated rings. The molecule has 0 aromatic carbocycles. The van der Waals surface area contributed by atoms with Crippen molar-refractivity contribution >= 4 is 23.2 Å². The molecule has 1 aliphatic rings. The first-order valence-electron chi connectivity index (χ1n) is 7.12. The standard InChI is InChI=1S/C15H20N2O4S/c1-9-12(14(19)20)22-13(16-9)10-5-6-17(11(7-10)8-18)21-15(2,3)4/h10H,5-7H2,1-4H3,(H,19,20). The molecule has 1 aliphatic heterocycles. The lowest BCUT2D eigenvalue weighted by Gasteiger charge is -2.36. The zero-order valence-electron chi connectivity index (χ0n) is 13.2. The van der Waals surface area contributed by atoms with Gasteiger partial charge >= 0.3 is 5.97 Å². The fourth-order valence-electron chi connectivity index (χ4n) is 2.37. The van der Waals surface area contributed by atoms with E-state index in [4.69, 9.17) is 9.94 Å². The van der Waals surface area contributed by atoms with Crippen LogP contribution >= 0.6 is 11.3 Å². The molecule has 0 spiro atoms. The van der Waals surface area contributed by atoms with Gasteiger partial charge in [-0.2, -0.15) is 0 Å². The van der Waals surface area contributed by atoms with Gasteiger partial charge in [0.15, 0.2) is 0 Å². The number of piperidine rings is 1. The molecular formula is C15H20N2O4S. The van der Waals surface area contributed by atoms with Gasteiger partial charge in [-0.3, -0.25) is 4.84 Å². The molecule has 7 heteroatoms. The van der Waals surface area contributed by atoms with Crippen LogP contribution in [-0.2, 0) is 9.63 Å². The molecule has 1 aromatic rings. The summed E-state index contributed by atoms with van der Waals surface area (Å²) in [5, 5.41) is 11.5. The van der Waals surface area contributed by atoms with Crippen LogP contribution in [0.3, 0.4) is 0 Å². The van der Waals surface area contributed by atoms with Crippen LogP contribution in [-0.4, -0.2) is 39.2 Å². The predicted octanol–water partition coefficient (Wildman–Crippen LogP) is 2.77. The number of hydroxylamine groups is 2. The van der Waals surface area contributed by atoms with Gasteiger partial charge in [-0.25, -0.2) is 19.6 Å². The van der Waals surface area contributed by atoms with E-state index in [2.05, 4.69) is 4.98 Å². The fourth-order valence-corrected chi connectivity index (χ4v) is 3.41. The van der Waals surface area contributed by atoms with Crippen molar-refractivity contribution in [1.82, 2.24) is 10.0 Å². The minimum absolute atomic E-state index is 0.0352. The Morgan fingerprint density at radius 3 is 2.68 bits per heavy atom. The first kappa shape index (κ1) is 16.7. The Kier molecular flexibility index (Phi) is 4.70. The summed E-state index contributed by atoms with van der Waals surface area (Å²) in [6.07, 6.45) is 1.22. The van der Waals surface area contributed by atoms with Crippen molar-refractivity contribution in [3.63, 3.8) is 0 Å². The number of rotatable bonds is 3. The summed E-state index contributed by atoms with van der Waals surface area (Å²) in [7, 11) is 0. The summed E-state index contributed by atoms with van der Waals surface area (Å²) in [6, 6.07) is 0. The number of aryl methyl sites for hydroxylation is 1. The molecule has 1 atom stereocenters. The molecule has 1 N–H and O–H groups in total. The zero-order chi connectivity index (χ0) is 16.5. The molecule has 1 saturated heterocycles. The van der Waals surface area contributed by atoms with Crippen molar-refractivity contribution in [3.8, 4) is 0 Å². The first-order valence-corrected chi connectivity index (χ1v) is 7.94. The maximum Gasteiger partial charge on any atom is 0.347 e. The molecule has 2 heterocycles. The highest BCUT2D eigenvalue weighted by atomic mass is 32.1. The summed E-state index contributed by atoms with van der Waals surface area (Å²) in [6.45, 7) is 8.02. The van der Waals surface area contributed by atoms with Gasteiger partial charge < -0.3 is 5.11 Å². The van der Waals surface area contributed by atoms with Gasteiger partial charge in [0.1, 0.15) is 16.5 Å². The van der Waals surface area contributed by atoms with Crippen LogP contribution in [0.4, 0.5) is 0 Å². The second-order valence-electron chi connectivity index (χ2n) is 6.32. The Hall–Kier alpha value is -1.69.